The van der Waals surface area contributed by atoms with Gasteiger partial charge in [-0.15, -0.1) is 22.9 Å². The summed E-state index contributed by atoms with van der Waals surface area (Å²) in [5.41, 5.74) is 1.18. The number of rotatable bonds is 2. The number of alkyl halides is 1. The summed E-state index contributed by atoms with van der Waals surface area (Å²) in [6.07, 6.45) is 2.09. The summed E-state index contributed by atoms with van der Waals surface area (Å²) in [4.78, 5) is 1.21. The molecule has 0 aromatic carbocycles. The molecule has 4 heteroatoms. The van der Waals surface area contributed by atoms with Crippen molar-refractivity contribution in [1.29, 1.82) is 0 Å². The first-order valence-corrected chi connectivity index (χ1v) is 6.25. The highest BCUT2D eigenvalue weighted by Crippen LogP contribution is 2.33. The molecule has 1 heterocycles. The lowest BCUT2D eigenvalue weighted by atomic mass is 10.3. The van der Waals surface area contributed by atoms with Crippen LogP contribution in [-0.4, -0.2) is 5.88 Å². The Morgan fingerprint density at radius 3 is 2.75 bits per heavy atom. The molecule has 0 aliphatic heterocycles. The maximum atomic E-state index is 5.66. The van der Waals surface area contributed by atoms with Gasteiger partial charge in [-0.25, -0.2) is 0 Å². The minimum atomic E-state index is 0.590. The van der Waals surface area contributed by atoms with Crippen LogP contribution in [0.4, 0.5) is 0 Å². The van der Waals surface area contributed by atoms with Gasteiger partial charge in [0.2, 0.25) is 0 Å². The van der Waals surface area contributed by atoms with Crippen molar-refractivity contribution in [3.63, 3.8) is 0 Å². The van der Waals surface area contributed by atoms with Crippen LogP contribution in [0.2, 0.25) is 0 Å². The van der Waals surface area contributed by atoms with Crippen molar-refractivity contribution >= 4 is 60.9 Å². The van der Waals surface area contributed by atoms with E-state index in [2.05, 4.69) is 44.0 Å². The van der Waals surface area contributed by atoms with Gasteiger partial charge in [-0.3, -0.25) is 0 Å². The van der Waals surface area contributed by atoms with E-state index in [1.165, 1.54) is 10.5 Å². The number of allylic oxidation sites excluding steroid dienone is 1. The third kappa shape index (κ3) is 2.87. The molecule has 0 saturated carbocycles. The Balaban J connectivity index is 2.90. The summed E-state index contributed by atoms with van der Waals surface area (Å²) >= 11 is 14.2. The molecule has 1 aromatic rings. The molecule has 0 unspecified atom stereocenters. The molecule has 0 radical (unpaired) electrons. The largest absolute Gasteiger partial charge is 0.128 e. The molecule has 0 nitrogen and oxygen atoms in total. The second-order valence-electron chi connectivity index (χ2n) is 2.39. The van der Waals surface area contributed by atoms with E-state index < -0.39 is 0 Å². The van der Waals surface area contributed by atoms with E-state index >= 15 is 0 Å². The first kappa shape index (κ1) is 10.8. The molecule has 66 valence electrons. The van der Waals surface area contributed by atoms with Gasteiger partial charge in [-0.1, -0.05) is 5.57 Å². The third-order valence-corrected chi connectivity index (χ3v) is 4.89. The minimum absolute atomic E-state index is 0.590. The van der Waals surface area contributed by atoms with Crippen LogP contribution in [0.25, 0.3) is 6.08 Å². The van der Waals surface area contributed by atoms with Crippen LogP contribution in [0, 0.1) is 0 Å². The summed E-state index contributed by atoms with van der Waals surface area (Å²) in [7, 11) is 0. The van der Waals surface area contributed by atoms with Crippen LogP contribution in [0.1, 0.15) is 11.8 Å². The number of halogens is 3. The van der Waals surface area contributed by atoms with Gasteiger partial charge in [0.1, 0.15) is 0 Å². The molecule has 1 aromatic heterocycles. The van der Waals surface area contributed by atoms with Crippen molar-refractivity contribution in [3.05, 3.63) is 24.8 Å². The van der Waals surface area contributed by atoms with Gasteiger partial charge in [0.15, 0.2) is 0 Å². The first-order valence-electron chi connectivity index (χ1n) is 3.31. The van der Waals surface area contributed by atoms with E-state index in [9.17, 15) is 0 Å². The van der Waals surface area contributed by atoms with Crippen LogP contribution < -0.4 is 0 Å². The number of hydrogen-bond donors (Lipinski definition) is 0. The van der Waals surface area contributed by atoms with Crippen molar-refractivity contribution in [2.24, 2.45) is 0 Å². The molecule has 12 heavy (non-hydrogen) atoms. The van der Waals surface area contributed by atoms with Crippen LogP contribution in [0.15, 0.2) is 19.9 Å². The molecular formula is C8H7Br2ClS. The van der Waals surface area contributed by atoms with Crippen molar-refractivity contribution in [3.8, 4) is 0 Å². The number of thiophene rings is 1. The minimum Gasteiger partial charge on any atom is -0.128 e. The smallest absolute Gasteiger partial charge is 0.0846 e. The topological polar surface area (TPSA) is 0 Å². The second kappa shape index (κ2) is 4.80. The SMILES string of the molecule is C/C(=C\c1cc(Br)c(Br)s1)CCl. The van der Waals surface area contributed by atoms with Gasteiger partial charge in [0.25, 0.3) is 0 Å². The van der Waals surface area contributed by atoms with Gasteiger partial charge >= 0.3 is 0 Å². The van der Waals surface area contributed by atoms with Gasteiger partial charge < -0.3 is 0 Å². The lowest BCUT2D eigenvalue weighted by molar-refractivity contribution is 1.44. The average molecular weight is 330 g/mol. The van der Waals surface area contributed by atoms with Crippen molar-refractivity contribution in [2.45, 2.75) is 6.92 Å². The molecule has 0 aliphatic rings. The quantitative estimate of drug-likeness (QED) is 0.676. The molecule has 0 spiro atoms. The zero-order valence-electron chi connectivity index (χ0n) is 6.40. The van der Waals surface area contributed by atoms with Gasteiger partial charge in [-0.2, -0.15) is 0 Å². The third-order valence-electron chi connectivity index (χ3n) is 1.26. The van der Waals surface area contributed by atoms with E-state index in [0.717, 1.165) is 8.26 Å². The Labute approximate surface area is 97.9 Å². The Kier molecular flexibility index (Phi) is 4.30. The highest BCUT2D eigenvalue weighted by molar-refractivity contribution is 9.13. The lowest BCUT2D eigenvalue weighted by Gasteiger charge is -1.89. The van der Waals surface area contributed by atoms with Crippen LogP contribution in [-0.2, 0) is 0 Å². The van der Waals surface area contributed by atoms with Crippen LogP contribution >= 0.6 is 54.8 Å². The fraction of sp³-hybridized carbons (Fsp3) is 0.250. The summed E-state index contributed by atoms with van der Waals surface area (Å²) in [5, 5.41) is 0. The highest BCUT2D eigenvalue weighted by atomic mass is 79.9. The summed E-state index contributed by atoms with van der Waals surface area (Å²) in [6, 6.07) is 2.07. The maximum absolute atomic E-state index is 5.66. The van der Waals surface area contributed by atoms with Crippen molar-refractivity contribution < 1.29 is 0 Å². The Bertz CT molecular complexity index is 285. The molecule has 0 saturated heterocycles. The second-order valence-corrected chi connectivity index (χ2v) is 5.92. The lowest BCUT2D eigenvalue weighted by Crippen LogP contribution is -1.73. The van der Waals surface area contributed by atoms with Crippen molar-refractivity contribution in [2.75, 3.05) is 5.88 Å². The fourth-order valence-corrected chi connectivity index (χ4v) is 2.91. The molecule has 0 fully saturated rings. The molecule has 0 bridgehead atoms. The molecular weight excluding hydrogens is 323 g/mol. The standard InChI is InChI=1S/C8H7Br2ClS/c1-5(4-11)2-6-3-7(9)8(10)12-6/h2-3H,4H2,1H3/b5-2+. The summed E-state index contributed by atoms with van der Waals surface area (Å²) in [6.45, 7) is 2.02. The average Bonchev–Trinajstić information content (AvgIpc) is 2.31. The van der Waals surface area contributed by atoms with E-state index in [-0.39, 0.29) is 0 Å². The normalized spacial score (nSPS) is 12.2. The molecule has 0 amide bonds. The Morgan fingerprint density at radius 2 is 2.33 bits per heavy atom. The van der Waals surface area contributed by atoms with Crippen molar-refractivity contribution in [1.82, 2.24) is 0 Å². The zero-order valence-corrected chi connectivity index (χ0v) is 11.1. The monoisotopic (exact) mass is 328 g/mol. The maximum Gasteiger partial charge on any atom is 0.0846 e. The van der Waals surface area contributed by atoms with E-state index in [0.29, 0.717) is 5.88 Å². The van der Waals surface area contributed by atoms with E-state index in [4.69, 9.17) is 11.6 Å². The Hall–Kier alpha value is 0.690. The first-order chi connectivity index (χ1) is 5.63. The predicted molar refractivity (Wildman–Crippen MR) is 64.1 cm³/mol. The van der Waals surface area contributed by atoms with Gasteiger partial charge in [0, 0.05) is 15.2 Å². The molecule has 0 atom stereocenters. The van der Waals surface area contributed by atoms with E-state index in [1.807, 2.05) is 6.92 Å². The Morgan fingerprint density at radius 1 is 1.67 bits per heavy atom. The van der Waals surface area contributed by atoms with Crippen LogP contribution in [0.3, 0.4) is 0 Å². The van der Waals surface area contributed by atoms with Crippen LogP contribution in [0.5, 0.6) is 0 Å². The highest BCUT2D eigenvalue weighted by Gasteiger charge is 2.01. The molecule has 0 aliphatic carbocycles. The zero-order chi connectivity index (χ0) is 9.14. The molecule has 0 N–H and O–H groups in total. The predicted octanol–water partition coefficient (Wildman–Crippen LogP) is 4.92. The fourth-order valence-electron chi connectivity index (χ4n) is 0.716. The summed E-state index contributed by atoms with van der Waals surface area (Å²) in [5.74, 6) is 0.590. The van der Waals surface area contributed by atoms with Gasteiger partial charge in [0.05, 0.1) is 3.79 Å². The molecule has 1 rings (SSSR count). The van der Waals surface area contributed by atoms with E-state index in [1.54, 1.807) is 11.3 Å². The summed E-state index contributed by atoms with van der Waals surface area (Å²) < 4.78 is 2.22. The number of hydrogen-bond acceptors (Lipinski definition) is 1. The van der Waals surface area contributed by atoms with Gasteiger partial charge in [-0.05, 0) is 50.9 Å².